The van der Waals surface area contributed by atoms with Crippen molar-refractivity contribution in [3.8, 4) is 0 Å². The molecule has 4 atom stereocenters. The molecule has 2 nitrogen and oxygen atoms in total. The average molecular weight is 228 g/mol. The fourth-order valence-corrected chi connectivity index (χ4v) is 3.23. The Morgan fingerprint density at radius 2 is 1.94 bits per heavy atom. The van der Waals surface area contributed by atoms with E-state index in [9.17, 15) is 5.11 Å². The third-order valence-corrected chi connectivity index (χ3v) is 3.44. The third kappa shape index (κ3) is 4.84. The summed E-state index contributed by atoms with van der Waals surface area (Å²) in [6.45, 7) is 10.9. The highest BCUT2D eigenvalue weighted by molar-refractivity contribution is 4.83. The van der Waals surface area contributed by atoms with E-state index >= 15 is 0 Å². The predicted octanol–water partition coefficient (Wildman–Crippen LogP) is 3.38. The minimum Gasteiger partial charge on any atom is -0.393 e. The van der Waals surface area contributed by atoms with Crippen LogP contribution in [0.1, 0.15) is 60.3 Å². The zero-order valence-electron chi connectivity index (χ0n) is 11.5. The highest BCUT2D eigenvalue weighted by Crippen LogP contribution is 2.40. The lowest BCUT2D eigenvalue weighted by Gasteiger charge is -2.39. The molecule has 4 unspecified atom stereocenters. The first-order chi connectivity index (χ1) is 7.28. The van der Waals surface area contributed by atoms with Gasteiger partial charge in [-0.15, -0.1) is 0 Å². The number of aliphatic hydroxyl groups is 1. The maximum atomic E-state index is 9.33. The van der Waals surface area contributed by atoms with Crippen LogP contribution in [-0.4, -0.2) is 23.4 Å². The normalized spacial score (nSPS) is 33.4. The van der Waals surface area contributed by atoms with Crippen molar-refractivity contribution in [3.63, 3.8) is 0 Å². The van der Waals surface area contributed by atoms with Crippen molar-refractivity contribution in [2.24, 2.45) is 11.3 Å². The van der Waals surface area contributed by atoms with Gasteiger partial charge in [0.15, 0.2) is 0 Å². The van der Waals surface area contributed by atoms with Crippen LogP contribution in [0.25, 0.3) is 0 Å². The van der Waals surface area contributed by atoms with Gasteiger partial charge in [0, 0.05) is 0 Å². The van der Waals surface area contributed by atoms with Crippen LogP contribution in [0.4, 0.5) is 0 Å². The van der Waals surface area contributed by atoms with Gasteiger partial charge in [-0.1, -0.05) is 20.8 Å². The highest BCUT2D eigenvalue weighted by atomic mass is 16.5. The zero-order chi connectivity index (χ0) is 12.3. The molecule has 1 rings (SSSR count). The molecule has 1 saturated carbocycles. The molecule has 0 radical (unpaired) electrons. The molecule has 0 saturated heterocycles. The lowest BCUT2D eigenvalue weighted by Crippen LogP contribution is -2.35. The molecule has 1 N–H and O–H groups in total. The lowest BCUT2D eigenvalue weighted by molar-refractivity contribution is -0.0703. The summed E-state index contributed by atoms with van der Waals surface area (Å²) in [5.74, 6) is 0.757. The summed E-state index contributed by atoms with van der Waals surface area (Å²) in [4.78, 5) is 0. The molecule has 16 heavy (non-hydrogen) atoms. The summed E-state index contributed by atoms with van der Waals surface area (Å²) in [7, 11) is 0. The Bertz CT molecular complexity index is 211. The maximum absolute atomic E-state index is 9.33. The Labute approximate surface area is 100 Å². The van der Waals surface area contributed by atoms with Gasteiger partial charge in [0.1, 0.15) is 0 Å². The predicted molar refractivity (Wildman–Crippen MR) is 67.4 cm³/mol. The van der Waals surface area contributed by atoms with E-state index < -0.39 is 0 Å². The second-order valence-electron chi connectivity index (χ2n) is 6.57. The van der Waals surface area contributed by atoms with Crippen LogP contribution in [0.2, 0.25) is 0 Å². The molecule has 0 spiro atoms. The first kappa shape index (κ1) is 14.0. The first-order valence-electron chi connectivity index (χ1n) is 6.62. The quantitative estimate of drug-likeness (QED) is 0.799. The van der Waals surface area contributed by atoms with E-state index in [-0.39, 0.29) is 12.2 Å². The molecule has 0 heterocycles. The molecule has 0 bridgehead atoms. The minimum atomic E-state index is -0.260. The van der Waals surface area contributed by atoms with E-state index in [1.807, 2.05) is 6.92 Å². The van der Waals surface area contributed by atoms with Crippen LogP contribution in [0.3, 0.4) is 0 Å². The summed E-state index contributed by atoms with van der Waals surface area (Å²) in [6, 6.07) is 0. The van der Waals surface area contributed by atoms with Crippen LogP contribution in [0, 0.1) is 11.3 Å². The van der Waals surface area contributed by atoms with Gasteiger partial charge in [-0.25, -0.2) is 0 Å². The van der Waals surface area contributed by atoms with Crippen LogP contribution in [0.5, 0.6) is 0 Å². The van der Waals surface area contributed by atoms with E-state index in [0.717, 1.165) is 18.8 Å². The molecule has 2 heteroatoms. The molecule has 1 aliphatic rings. The van der Waals surface area contributed by atoms with Crippen molar-refractivity contribution < 1.29 is 9.84 Å². The Morgan fingerprint density at radius 3 is 2.44 bits per heavy atom. The van der Waals surface area contributed by atoms with Crippen molar-refractivity contribution >= 4 is 0 Å². The van der Waals surface area contributed by atoms with Crippen molar-refractivity contribution in [2.45, 2.75) is 78.6 Å². The summed E-state index contributed by atoms with van der Waals surface area (Å²) >= 11 is 0. The van der Waals surface area contributed by atoms with E-state index in [1.165, 1.54) is 12.8 Å². The highest BCUT2D eigenvalue weighted by Gasteiger charge is 2.33. The van der Waals surface area contributed by atoms with Crippen LogP contribution in [-0.2, 0) is 4.74 Å². The Balaban J connectivity index is 2.41. The van der Waals surface area contributed by atoms with Crippen LogP contribution < -0.4 is 0 Å². The minimum absolute atomic E-state index is 0.172. The van der Waals surface area contributed by atoms with Gasteiger partial charge < -0.3 is 9.84 Å². The molecule has 96 valence electrons. The topological polar surface area (TPSA) is 29.5 Å². The van der Waals surface area contributed by atoms with Crippen molar-refractivity contribution in [2.75, 3.05) is 0 Å². The fourth-order valence-electron chi connectivity index (χ4n) is 3.23. The SMILES string of the molecule is CC(O)CC(C)OC1CC(C)CC(C)(C)C1. The first-order valence-corrected chi connectivity index (χ1v) is 6.62. The molecule has 0 aromatic heterocycles. The average Bonchev–Trinajstić information content (AvgIpc) is 1.95. The van der Waals surface area contributed by atoms with E-state index in [1.54, 1.807) is 0 Å². The molecule has 1 aliphatic carbocycles. The summed E-state index contributed by atoms with van der Waals surface area (Å²) in [5.41, 5.74) is 0.410. The number of rotatable bonds is 4. The Kier molecular flexibility index (Phi) is 4.81. The Morgan fingerprint density at radius 1 is 1.31 bits per heavy atom. The second kappa shape index (κ2) is 5.50. The molecule has 0 aromatic rings. The van der Waals surface area contributed by atoms with E-state index in [2.05, 4.69) is 27.7 Å². The fraction of sp³-hybridized carbons (Fsp3) is 1.00. The monoisotopic (exact) mass is 228 g/mol. The van der Waals surface area contributed by atoms with Crippen LogP contribution in [0.15, 0.2) is 0 Å². The molecule has 0 aromatic carbocycles. The van der Waals surface area contributed by atoms with Gasteiger partial charge in [-0.2, -0.15) is 0 Å². The summed E-state index contributed by atoms with van der Waals surface area (Å²) in [6.07, 6.45) is 4.67. The van der Waals surface area contributed by atoms with Crippen molar-refractivity contribution in [1.29, 1.82) is 0 Å². The number of hydrogen-bond donors (Lipinski definition) is 1. The van der Waals surface area contributed by atoms with Gasteiger partial charge in [-0.3, -0.25) is 0 Å². The molecule has 0 aliphatic heterocycles. The molecular formula is C14H28O2. The standard InChI is InChI=1S/C14H28O2/c1-10-6-13(9-14(4,5)8-10)16-12(3)7-11(2)15/h10-13,15H,6-9H2,1-5H3. The number of hydrogen-bond acceptors (Lipinski definition) is 2. The number of aliphatic hydroxyl groups excluding tert-OH is 1. The summed E-state index contributed by atoms with van der Waals surface area (Å²) in [5, 5.41) is 9.33. The Hall–Kier alpha value is -0.0800. The summed E-state index contributed by atoms with van der Waals surface area (Å²) < 4.78 is 6.05. The molecule has 1 fully saturated rings. The maximum Gasteiger partial charge on any atom is 0.0586 e. The van der Waals surface area contributed by atoms with Gasteiger partial charge in [0.2, 0.25) is 0 Å². The van der Waals surface area contributed by atoms with Gasteiger partial charge in [0.25, 0.3) is 0 Å². The van der Waals surface area contributed by atoms with E-state index in [0.29, 0.717) is 11.5 Å². The van der Waals surface area contributed by atoms with E-state index in [4.69, 9.17) is 4.74 Å². The second-order valence-corrected chi connectivity index (χ2v) is 6.57. The van der Waals surface area contributed by atoms with Gasteiger partial charge in [-0.05, 0) is 50.9 Å². The van der Waals surface area contributed by atoms with Gasteiger partial charge >= 0.3 is 0 Å². The third-order valence-electron chi connectivity index (χ3n) is 3.44. The van der Waals surface area contributed by atoms with Crippen LogP contribution >= 0.6 is 0 Å². The molecular weight excluding hydrogens is 200 g/mol. The van der Waals surface area contributed by atoms with Crippen molar-refractivity contribution in [1.82, 2.24) is 0 Å². The largest absolute Gasteiger partial charge is 0.393 e. The zero-order valence-corrected chi connectivity index (χ0v) is 11.5. The van der Waals surface area contributed by atoms with Gasteiger partial charge in [0.05, 0.1) is 18.3 Å². The lowest BCUT2D eigenvalue weighted by atomic mass is 9.71. The smallest absolute Gasteiger partial charge is 0.0586 e. The van der Waals surface area contributed by atoms with Crippen molar-refractivity contribution in [3.05, 3.63) is 0 Å². The molecule has 0 amide bonds. The number of ether oxygens (including phenoxy) is 1.